The van der Waals surface area contributed by atoms with Crippen molar-refractivity contribution in [2.45, 2.75) is 97.5 Å². The smallest absolute Gasteiger partial charge is 0.220 e. The van der Waals surface area contributed by atoms with Crippen molar-refractivity contribution in [2.24, 2.45) is 46.3 Å². The van der Waals surface area contributed by atoms with Crippen LogP contribution in [-0.2, 0) is 14.9 Å². The van der Waals surface area contributed by atoms with E-state index in [2.05, 4.69) is 26.1 Å². The Morgan fingerprint density at radius 2 is 1.76 bits per heavy atom. The van der Waals surface area contributed by atoms with E-state index in [1.165, 1.54) is 44.9 Å². The zero-order valence-electron chi connectivity index (χ0n) is 20.7. The predicted molar refractivity (Wildman–Crippen MR) is 127 cm³/mol. The predicted octanol–water partition coefficient (Wildman–Crippen LogP) is 4.08. The average molecular weight is 483 g/mol. The highest BCUT2D eigenvalue weighted by atomic mass is 32.2. The van der Waals surface area contributed by atoms with Gasteiger partial charge in [-0.3, -0.25) is 4.79 Å². The molecule has 1 amide bonds. The average Bonchev–Trinajstić information content (AvgIpc) is 3.09. The van der Waals surface area contributed by atoms with Crippen molar-refractivity contribution in [3.05, 3.63) is 0 Å². The topological polar surface area (TPSA) is 107 Å². The Morgan fingerprint density at radius 3 is 2.48 bits per heavy atom. The molecule has 0 aromatic carbocycles. The minimum absolute atomic E-state index is 0.0906. The normalized spacial score (nSPS) is 43.8. The van der Waals surface area contributed by atoms with Crippen LogP contribution < -0.4 is 5.32 Å². The van der Waals surface area contributed by atoms with Gasteiger partial charge in [0.1, 0.15) is 0 Å². The van der Waals surface area contributed by atoms with E-state index in [0.29, 0.717) is 35.0 Å². The van der Waals surface area contributed by atoms with E-state index in [1.54, 1.807) is 0 Å². The zero-order chi connectivity index (χ0) is 24.0. The summed E-state index contributed by atoms with van der Waals surface area (Å²) in [6, 6.07) is 0. The lowest BCUT2D eigenvalue weighted by molar-refractivity contribution is -0.129. The molecule has 4 fully saturated rings. The Kier molecular flexibility index (Phi) is 7.26. The fourth-order valence-electron chi connectivity index (χ4n) is 9.17. The fraction of sp³-hybridized carbons (Fsp3) is 0.962. The van der Waals surface area contributed by atoms with E-state index in [9.17, 15) is 22.9 Å². The molecule has 0 radical (unpaired) electrons. The largest absolute Gasteiger partial charge is 0.748 e. The summed E-state index contributed by atoms with van der Waals surface area (Å²) < 4.78 is 32.1. The molecule has 4 rings (SSSR count). The van der Waals surface area contributed by atoms with Crippen molar-refractivity contribution in [1.29, 1.82) is 0 Å². The summed E-state index contributed by atoms with van der Waals surface area (Å²) in [4.78, 5) is 12.2. The highest BCUT2D eigenvalue weighted by molar-refractivity contribution is 7.85. The molecule has 6 nitrogen and oxygen atoms in total. The van der Waals surface area contributed by atoms with E-state index in [1.807, 2.05) is 0 Å². The summed E-state index contributed by atoms with van der Waals surface area (Å²) in [5.41, 5.74) is 0.758. The summed E-state index contributed by atoms with van der Waals surface area (Å²) in [5, 5.41) is 12.8. The molecule has 7 heteroatoms. The van der Waals surface area contributed by atoms with Gasteiger partial charge in [-0.2, -0.15) is 0 Å². The number of aliphatic hydroxyl groups excluding tert-OH is 1. The number of hydrogen-bond donors (Lipinski definition) is 2. The molecule has 0 heterocycles. The third-order valence-electron chi connectivity index (χ3n) is 10.9. The Hall–Kier alpha value is -0.660. The number of nitrogens with one attached hydrogen (secondary N) is 1. The van der Waals surface area contributed by atoms with Crippen LogP contribution in [0.2, 0.25) is 0 Å². The molecule has 0 aliphatic heterocycles. The van der Waals surface area contributed by atoms with E-state index in [4.69, 9.17) is 0 Å². The molecule has 0 bridgehead atoms. The van der Waals surface area contributed by atoms with Gasteiger partial charge in [0.15, 0.2) is 0 Å². The number of amides is 1. The van der Waals surface area contributed by atoms with Crippen molar-refractivity contribution in [1.82, 2.24) is 5.32 Å². The van der Waals surface area contributed by atoms with Crippen LogP contribution in [0.1, 0.15) is 91.4 Å². The van der Waals surface area contributed by atoms with Crippen LogP contribution in [0.5, 0.6) is 0 Å². The minimum atomic E-state index is -4.29. The number of hydrogen-bond acceptors (Lipinski definition) is 5. The van der Waals surface area contributed by atoms with Gasteiger partial charge in [0, 0.05) is 13.0 Å². The zero-order valence-corrected chi connectivity index (χ0v) is 21.5. The molecule has 0 saturated heterocycles. The van der Waals surface area contributed by atoms with Gasteiger partial charge in [0.05, 0.1) is 22.0 Å². The molecular formula is C26H44NO5S-. The van der Waals surface area contributed by atoms with Gasteiger partial charge < -0.3 is 15.0 Å². The lowest BCUT2D eigenvalue weighted by Gasteiger charge is -2.61. The summed E-state index contributed by atoms with van der Waals surface area (Å²) >= 11 is 0. The highest BCUT2D eigenvalue weighted by Gasteiger charge is 2.60. The van der Waals surface area contributed by atoms with Crippen LogP contribution in [0.25, 0.3) is 0 Å². The van der Waals surface area contributed by atoms with Gasteiger partial charge >= 0.3 is 0 Å². The van der Waals surface area contributed by atoms with E-state index < -0.39 is 15.9 Å². The summed E-state index contributed by atoms with van der Waals surface area (Å²) in [7, 11) is -4.29. The molecule has 4 saturated carbocycles. The third kappa shape index (κ3) is 5.02. The van der Waals surface area contributed by atoms with Gasteiger partial charge in [-0.1, -0.05) is 20.8 Å². The third-order valence-corrected chi connectivity index (χ3v) is 11.6. The van der Waals surface area contributed by atoms with Crippen LogP contribution in [0.15, 0.2) is 0 Å². The van der Waals surface area contributed by atoms with E-state index in [0.717, 1.165) is 37.0 Å². The Balaban J connectivity index is 1.35. The molecule has 2 N–H and O–H groups in total. The van der Waals surface area contributed by atoms with Crippen LogP contribution in [0.4, 0.5) is 0 Å². The fourth-order valence-corrected chi connectivity index (χ4v) is 9.53. The Morgan fingerprint density at radius 1 is 1.06 bits per heavy atom. The van der Waals surface area contributed by atoms with Gasteiger partial charge in [-0.15, -0.1) is 0 Å². The molecule has 33 heavy (non-hydrogen) atoms. The van der Waals surface area contributed by atoms with Crippen molar-refractivity contribution in [3.8, 4) is 0 Å². The molecule has 0 spiro atoms. The molecule has 4 aliphatic rings. The maximum Gasteiger partial charge on any atom is 0.220 e. The molecular weight excluding hydrogens is 438 g/mol. The monoisotopic (exact) mass is 482 g/mol. The highest BCUT2D eigenvalue weighted by Crippen LogP contribution is 2.68. The standard InChI is InChI=1S/C26H45NO5S/c1-17(4-9-24(29)27-14-15-33(30,31)32)21-7-8-22-20-6-5-18-16-19(28)10-12-25(18,2)23(20)11-13-26(21,22)3/h17-23,28H,4-16H2,1-3H3,(H,27,29)(H,30,31,32)/p-1. The maximum atomic E-state index is 12.2. The van der Waals surface area contributed by atoms with Gasteiger partial charge in [0.25, 0.3) is 0 Å². The van der Waals surface area contributed by atoms with Crippen molar-refractivity contribution >= 4 is 16.0 Å². The second kappa shape index (κ2) is 9.42. The van der Waals surface area contributed by atoms with Crippen LogP contribution in [-0.4, -0.2) is 42.4 Å². The summed E-state index contributed by atoms with van der Waals surface area (Å²) in [5.74, 6) is 3.49. The van der Waals surface area contributed by atoms with E-state index >= 15 is 0 Å². The first-order chi connectivity index (χ1) is 15.4. The lowest BCUT2D eigenvalue weighted by atomic mass is 9.44. The van der Waals surface area contributed by atoms with Gasteiger partial charge in [0.2, 0.25) is 5.91 Å². The molecule has 9 unspecified atom stereocenters. The van der Waals surface area contributed by atoms with Gasteiger partial charge in [-0.25, -0.2) is 8.42 Å². The SMILES string of the molecule is CC(CCC(=O)NCCS(=O)(=O)[O-])C1CCC2C3CCC4CC(O)CCC4(C)C3CCC12C. The number of carbonyl (C=O) groups is 1. The molecule has 4 aliphatic carbocycles. The van der Waals surface area contributed by atoms with Crippen molar-refractivity contribution in [3.63, 3.8) is 0 Å². The quantitative estimate of drug-likeness (QED) is 0.532. The van der Waals surface area contributed by atoms with Crippen LogP contribution in [0, 0.1) is 46.3 Å². The minimum Gasteiger partial charge on any atom is -0.748 e. The summed E-state index contributed by atoms with van der Waals surface area (Å²) in [6.45, 7) is 7.26. The molecule has 0 aromatic heterocycles. The molecule has 190 valence electrons. The molecule has 9 atom stereocenters. The maximum absolute atomic E-state index is 12.2. The first-order valence-electron chi connectivity index (χ1n) is 13.3. The van der Waals surface area contributed by atoms with Crippen molar-refractivity contribution in [2.75, 3.05) is 12.3 Å². The Labute approximate surface area is 200 Å². The van der Waals surface area contributed by atoms with Gasteiger partial charge in [-0.05, 0) is 111 Å². The van der Waals surface area contributed by atoms with E-state index in [-0.39, 0.29) is 18.6 Å². The first-order valence-corrected chi connectivity index (χ1v) is 14.9. The van der Waals surface area contributed by atoms with Crippen molar-refractivity contribution < 1.29 is 22.9 Å². The Bertz CT molecular complexity index is 831. The number of fused-ring (bicyclic) bond motifs is 5. The number of carbonyl (C=O) groups excluding carboxylic acids is 1. The lowest BCUT2D eigenvalue weighted by Crippen LogP contribution is -2.54. The number of rotatable bonds is 7. The number of aliphatic hydroxyl groups is 1. The molecule has 0 aromatic rings. The van der Waals surface area contributed by atoms with Crippen LogP contribution in [0.3, 0.4) is 0 Å². The first kappa shape index (κ1) is 25.4. The summed E-state index contributed by atoms with van der Waals surface area (Å²) in [6.07, 6.45) is 12.0. The second-order valence-corrected chi connectivity index (χ2v) is 14.0. The van der Waals surface area contributed by atoms with Crippen LogP contribution >= 0.6 is 0 Å². The second-order valence-electron chi connectivity index (χ2n) is 12.4.